The van der Waals surface area contributed by atoms with Gasteiger partial charge >= 0.3 is 6.09 Å². The molecule has 7 nitrogen and oxygen atoms in total. The van der Waals surface area contributed by atoms with Crippen molar-refractivity contribution < 1.29 is 14.3 Å². The molecule has 0 spiro atoms. The maximum absolute atomic E-state index is 12.9. The van der Waals surface area contributed by atoms with Gasteiger partial charge in [-0.2, -0.15) is 0 Å². The fourth-order valence-electron chi connectivity index (χ4n) is 4.32. The molecular weight excluding hydrogens is 394 g/mol. The number of nitrogens with zero attached hydrogens (tertiary/aromatic N) is 2. The largest absolute Gasteiger partial charge is 0.465 e. The Hall–Kier alpha value is -3.87. The van der Waals surface area contributed by atoms with Crippen LogP contribution >= 0.6 is 0 Å². The number of amides is 1. The monoisotopic (exact) mass is 415 g/mol. The lowest BCUT2D eigenvalue weighted by Crippen LogP contribution is -2.50. The van der Waals surface area contributed by atoms with Crippen LogP contribution in [0.2, 0.25) is 0 Å². The third kappa shape index (κ3) is 3.09. The lowest BCUT2D eigenvalue weighted by Gasteiger charge is -2.42. The Labute approximate surface area is 178 Å². The van der Waals surface area contributed by atoms with Gasteiger partial charge in [0, 0.05) is 18.2 Å². The molecule has 2 aromatic carbocycles. The fourth-order valence-corrected chi connectivity index (χ4v) is 4.32. The molecule has 7 heteroatoms. The minimum atomic E-state index is -1.02. The van der Waals surface area contributed by atoms with Gasteiger partial charge in [-0.15, -0.1) is 0 Å². The van der Waals surface area contributed by atoms with Gasteiger partial charge in [-0.1, -0.05) is 54.6 Å². The smallest absolute Gasteiger partial charge is 0.405 e. The summed E-state index contributed by atoms with van der Waals surface area (Å²) in [4.78, 5) is 28.5. The molecule has 0 radical (unpaired) electrons. The summed E-state index contributed by atoms with van der Waals surface area (Å²) in [6, 6.07) is 17.3. The molecule has 0 bridgehead atoms. The molecule has 0 unspecified atom stereocenters. The fraction of sp³-hybridized carbons (Fsp3) is 0.208. The van der Waals surface area contributed by atoms with E-state index in [1.54, 1.807) is 7.05 Å². The Balaban J connectivity index is 1.67. The van der Waals surface area contributed by atoms with Crippen molar-refractivity contribution in [3.05, 3.63) is 76.8 Å². The zero-order valence-electron chi connectivity index (χ0n) is 17.0. The second kappa shape index (κ2) is 7.12. The van der Waals surface area contributed by atoms with E-state index < -0.39 is 11.6 Å². The van der Waals surface area contributed by atoms with Gasteiger partial charge in [-0.25, -0.2) is 9.78 Å². The predicted octanol–water partition coefficient (Wildman–Crippen LogP) is 4.51. The molecule has 1 aliphatic carbocycles. The highest BCUT2D eigenvalue weighted by molar-refractivity contribution is 5.99. The minimum Gasteiger partial charge on any atom is -0.465 e. The molecule has 4 aromatic rings. The van der Waals surface area contributed by atoms with E-state index in [1.807, 2.05) is 54.6 Å². The first-order valence-electron chi connectivity index (χ1n) is 10.1. The van der Waals surface area contributed by atoms with E-state index in [1.165, 1.54) is 10.9 Å². The Morgan fingerprint density at radius 1 is 1.10 bits per heavy atom. The molecule has 1 fully saturated rings. The molecule has 2 heterocycles. The van der Waals surface area contributed by atoms with E-state index in [4.69, 9.17) is 4.42 Å². The van der Waals surface area contributed by atoms with Crippen molar-refractivity contribution in [1.82, 2.24) is 14.9 Å². The Morgan fingerprint density at radius 3 is 2.42 bits per heavy atom. The van der Waals surface area contributed by atoms with E-state index in [0.29, 0.717) is 22.4 Å². The molecule has 31 heavy (non-hydrogen) atoms. The summed E-state index contributed by atoms with van der Waals surface area (Å²) in [5.74, 6) is 0.567. The molecule has 0 saturated heterocycles. The van der Waals surface area contributed by atoms with Crippen molar-refractivity contribution in [2.45, 2.75) is 24.8 Å². The number of rotatable bonds is 4. The van der Waals surface area contributed by atoms with Gasteiger partial charge in [0.1, 0.15) is 17.5 Å². The van der Waals surface area contributed by atoms with Gasteiger partial charge in [0.25, 0.3) is 5.56 Å². The molecule has 2 N–H and O–H groups in total. The first kappa shape index (κ1) is 19.1. The van der Waals surface area contributed by atoms with Crippen molar-refractivity contribution in [2.75, 3.05) is 0 Å². The summed E-state index contributed by atoms with van der Waals surface area (Å²) < 4.78 is 7.51. The van der Waals surface area contributed by atoms with E-state index in [9.17, 15) is 14.7 Å². The lowest BCUT2D eigenvalue weighted by molar-refractivity contribution is 0.144. The molecule has 0 aliphatic heterocycles. The van der Waals surface area contributed by atoms with Gasteiger partial charge in [0.05, 0.1) is 5.54 Å². The number of furan rings is 1. The number of hydrogen-bond donors (Lipinski definition) is 2. The highest BCUT2D eigenvalue weighted by Gasteiger charge is 2.40. The van der Waals surface area contributed by atoms with Crippen molar-refractivity contribution in [1.29, 1.82) is 0 Å². The van der Waals surface area contributed by atoms with Crippen LogP contribution in [0.1, 0.15) is 24.8 Å². The molecule has 156 valence electrons. The zero-order chi connectivity index (χ0) is 21.6. The maximum Gasteiger partial charge on any atom is 0.405 e. The second-order valence-corrected chi connectivity index (χ2v) is 7.96. The summed E-state index contributed by atoms with van der Waals surface area (Å²) in [6.07, 6.45) is 2.97. The quantitative estimate of drug-likeness (QED) is 0.511. The lowest BCUT2D eigenvalue weighted by atomic mass is 9.72. The molecule has 2 aromatic heterocycles. The summed E-state index contributed by atoms with van der Waals surface area (Å²) in [6.45, 7) is 0. The Kier molecular flexibility index (Phi) is 4.39. The number of fused-ring (bicyclic) bond motifs is 1. The van der Waals surface area contributed by atoms with Gasteiger partial charge < -0.3 is 19.4 Å². The average Bonchev–Trinajstić information content (AvgIpc) is 3.14. The molecule has 1 amide bonds. The Bertz CT molecular complexity index is 1330. The number of carbonyl (C=O) groups is 1. The number of aromatic nitrogens is 2. The second-order valence-electron chi connectivity index (χ2n) is 7.96. The first-order valence-corrected chi connectivity index (χ1v) is 10.1. The van der Waals surface area contributed by atoms with Crippen LogP contribution in [-0.4, -0.2) is 20.8 Å². The third-order valence-electron chi connectivity index (χ3n) is 6.09. The van der Waals surface area contributed by atoms with Crippen LogP contribution < -0.4 is 10.9 Å². The number of hydrogen-bond acceptors (Lipinski definition) is 4. The van der Waals surface area contributed by atoms with E-state index in [-0.39, 0.29) is 5.56 Å². The van der Waals surface area contributed by atoms with Crippen LogP contribution in [0.4, 0.5) is 4.79 Å². The van der Waals surface area contributed by atoms with Gasteiger partial charge in [-0.3, -0.25) is 4.79 Å². The van der Waals surface area contributed by atoms with Crippen molar-refractivity contribution >= 4 is 17.2 Å². The van der Waals surface area contributed by atoms with Crippen molar-refractivity contribution in [2.24, 2.45) is 7.05 Å². The average molecular weight is 415 g/mol. The highest BCUT2D eigenvalue weighted by atomic mass is 16.4. The third-order valence-corrected chi connectivity index (χ3v) is 6.09. The predicted molar refractivity (Wildman–Crippen MR) is 117 cm³/mol. The minimum absolute atomic E-state index is 0.172. The van der Waals surface area contributed by atoms with E-state index in [0.717, 1.165) is 36.0 Å². The van der Waals surface area contributed by atoms with Crippen molar-refractivity contribution in [3.63, 3.8) is 0 Å². The van der Waals surface area contributed by atoms with Crippen LogP contribution in [0.25, 0.3) is 33.6 Å². The van der Waals surface area contributed by atoms with E-state index in [2.05, 4.69) is 10.3 Å². The van der Waals surface area contributed by atoms with Crippen molar-refractivity contribution in [3.8, 4) is 22.5 Å². The number of aryl methyl sites for hydroxylation is 1. The number of nitrogens with one attached hydrogen (secondary N) is 1. The van der Waals surface area contributed by atoms with Gasteiger partial charge in [0.15, 0.2) is 0 Å². The highest BCUT2D eigenvalue weighted by Crippen LogP contribution is 2.43. The number of benzene rings is 2. The van der Waals surface area contributed by atoms with Crippen LogP contribution in [0, 0.1) is 0 Å². The zero-order valence-corrected chi connectivity index (χ0v) is 17.0. The maximum atomic E-state index is 12.9. The van der Waals surface area contributed by atoms with E-state index >= 15 is 0 Å². The molecule has 5 rings (SSSR count). The SMILES string of the molecule is Cn1cnc2oc(-c3ccc(C4(NC(=O)O)CCC4)cc3)c(-c3ccccc3)c2c1=O. The molecular formula is C24H21N3O4. The summed E-state index contributed by atoms with van der Waals surface area (Å²) >= 11 is 0. The Morgan fingerprint density at radius 2 is 1.81 bits per heavy atom. The van der Waals surface area contributed by atoms with Crippen LogP contribution in [0.5, 0.6) is 0 Å². The standard InChI is InChI=1S/C24H21N3O4/c1-27-14-25-21-19(22(27)28)18(15-6-3-2-4-7-15)20(31-21)16-8-10-17(11-9-16)24(12-5-13-24)26-23(29)30/h2-4,6-11,14,26H,5,12-13H2,1H3,(H,29,30). The summed E-state index contributed by atoms with van der Waals surface area (Å²) in [5, 5.41) is 12.4. The van der Waals surface area contributed by atoms with Crippen LogP contribution in [0.3, 0.4) is 0 Å². The van der Waals surface area contributed by atoms with Gasteiger partial charge in [-0.05, 0) is 30.4 Å². The number of carboxylic acid groups (broad SMARTS) is 1. The molecule has 0 atom stereocenters. The van der Waals surface area contributed by atoms with Crippen LogP contribution in [0.15, 0.2) is 70.1 Å². The first-order chi connectivity index (χ1) is 15.0. The normalized spacial score (nSPS) is 14.9. The topological polar surface area (TPSA) is 97.4 Å². The summed E-state index contributed by atoms with van der Waals surface area (Å²) in [5.41, 5.74) is 2.90. The summed E-state index contributed by atoms with van der Waals surface area (Å²) in [7, 11) is 1.67. The molecule has 1 saturated carbocycles. The molecule has 1 aliphatic rings. The van der Waals surface area contributed by atoms with Gasteiger partial charge in [0.2, 0.25) is 5.71 Å². The van der Waals surface area contributed by atoms with Crippen LogP contribution in [-0.2, 0) is 12.6 Å².